The highest BCUT2D eigenvalue weighted by molar-refractivity contribution is 5.79. The standard InChI is InChI=1S/C22H28N2O2/c25-22(16-18-7-12-26-13-8-18)24-10-5-17(6-11-24)14-19-3-4-21-20(15-19)2-1-9-23-21/h1-4,9,15,17-18H,5-8,10-14,16H2. The fourth-order valence-electron chi connectivity index (χ4n) is 4.30. The summed E-state index contributed by atoms with van der Waals surface area (Å²) < 4.78 is 5.40. The van der Waals surface area contributed by atoms with Crippen LogP contribution in [0, 0.1) is 11.8 Å². The van der Waals surface area contributed by atoms with Crippen molar-refractivity contribution in [2.24, 2.45) is 11.8 Å². The molecule has 1 amide bonds. The number of nitrogens with zero attached hydrogens (tertiary/aromatic N) is 2. The molecule has 0 aliphatic carbocycles. The molecule has 0 spiro atoms. The number of carbonyl (C=O) groups is 1. The van der Waals surface area contributed by atoms with Gasteiger partial charge in [-0.3, -0.25) is 9.78 Å². The van der Waals surface area contributed by atoms with E-state index in [2.05, 4.69) is 34.1 Å². The number of hydrogen-bond acceptors (Lipinski definition) is 3. The molecule has 26 heavy (non-hydrogen) atoms. The third kappa shape index (κ3) is 4.24. The topological polar surface area (TPSA) is 42.4 Å². The maximum atomic E-state index is 12.6. The van der Waals surface area contributed by atoms with Gasteiger partial charge in [-0.2, -0.15) is 0 Å². The number of fused-ring (bicyclic) bond motifs is 1. The molecule has 2 aliphatic rings. The monoisotopic (exact) mass is 352 g/mol. The number of benzene rings is 1. The maximum Gasteiger partial charge on any atom is 0.222 e. The second-order valence-electron chi connectivity index (χ2n) is 7.82. The molecule has 3 heterocycles. The van der Waals surface area contributed by atoms with E-state index in [1.165, 1.54) is 10.9 Å². The van der Waals surface area contributed by atoms with Crippen molar-refractivity contribution in [1.29, 1.82) is 0 Å². The van der Waals surface area contributed by atoms with E-state index in [1.807, 2.05) is 12.3 Å². The Balaban J connectivity index is 1.28. The molecule has 4 rings (SSSR count). The molecule has 138 valence electrons. The second kappa shape index (κ2) is 8.17. The number of hydrogen-bond donors (Lipinski definition) is 0. The predicted octanol–water partition coefficient (Wildman–Crippen LogP) is 3.83. The number of carbonyl (C=O) groups excluding carboxylic acids is 1. The van der Waals surface area contributed by atoms with Gasteiger partial charge < -0.3 is 9.64 Å². The Morgan fingerprint density at radius 2 is 1.88 bits per heavy atom. The number of ether oxygens (including phenoxy) is 1. The van der Waals surface area contributed by atoms with Crippen molar-refractivity contribution in [2.45, 2.75) is 38.5 Å². The highest BCUT2D eigenvalue weighted by atomic mass is 16.5. The highest BCUT2D eigenvalue weighted by Crippen LogP contribution is 2.25. The van der Waals surface area contributed by atoms with Crippen LogP contribution >= 0.6 is 0 Å². The largest absolute Gasteiger partial charge is 0.381 e. The van der Waals surface area contributed by atoms with Crippen LogP contribution in [0.15, 0.2) is 36.5 Å². The average Bonchev–Trinajstić information content (AvgIpc) is 2.69. The molecule has 0 unspecified atom stereocenters. The van der Waals surface area contributed by atoms with Crippen LogP contribution < -0.4 is 0 Å². The third-order valence-electron chi connectivity index (χ3n) is 5.96. The first-order chi connectivity index (χ1) is 12.8. The molecule has 0 atom stereocenters. The molecule has 0 bridgehead atoms. The van der Waals surface area contributed by atoms with Crippen molar-refractivity contribution in [3.63, 3.8) is 0 Å². The van der Waals surface area contributed by atoms with E-state index in [0.29, 0.717) is 24.2 Å². The number of rotatable bonds is 4. The van der Waals surface area contributed by atoms with E-state index in [9.17, 15) is 4.79 Å². The minimum absolute atomic E-state index is 0.354. The van der Waals surface area contributed by atoms with Crippen molar-refractivity contribution in [3.8, 4) is 0 Å². The summed E-state index contributed by atoms with van der Waals surface area (Å²) in [4.78, 5) is 19.0. The van der Waals surface area contributed by atoms with E-state index < -0.39 is 0 Å². The van der Waals surface area contributed by atoms with Gasteiger partial charge in [0.2, 0.25) is 5.91 Å². The number of likely N-dealkylation sites (tertiary alicyclic amines) is 1. The summed E-state index contributed by atoms with van der Waals surface area (Å²) in [6.45, 7) is 3.48. The summed E-state index contributed by atoms with van der Waals surface area (Å²) >= 11 is 0. The Morgan fingerprint density at radius 3 is 2.69 bits per heavy atom. The van der Waals surface area contributed by atoms with Crippen LogP contribution in [-0.2, 0) is 16.0 Å². The maximum absolute atomic E-state index is 12.6. The van der Waals surface area contributed by atoms with Crippen LogP contribution in [-0.4, -0.2) is 42.1 Å². The predicted molar refractivity (Wildman–Crippen MR) is 103 cm³/mol. The minimum Gasteiger partial charge on any atom is -0.381 e. The van der Waals surface area contributed by atoms with Crippen molar-refractivity contribution in [2.75, 3.05) is 26.3 Å². The average molecular weight is 352 g/mol. The quantitative estimate of drug-likeness (QED) is 0.840. The van der Waals surface area contributed by atoms with E-state index in [-0.39, 0.29) is 0 Å². The smallest absolute Gasteiger partial charge is 0.222 e. The number of piperidine rings is 1. The lowest BCUT2D eigenvalue weighted by Crippen LogP contribution is -2.40. The van der Waals surface area contributed by atoms with Gasteiger partial charge in [0.25, 0.3) is 0 Å². The normalized spacial score (nSPS) is 19.8. The minimum atomic E-state index is 0.354. The molecule has 2 saturated heterocycles. The van der Waals surface area contributed by atoms with Crippen molar-refractivity contribution in [1.82, 2.24) is 9.88 Å². The summed E-state index contributed by atoms with van der Waals surface area (Å²) in [7, 11) is 0. The van der Waals surface area contributed by atoms with Gasteiger partial charge in [0.15, 0.2) is 0 Å². The van der Waals surface area contributed by atoms with Gasteiger partial charge in [0, 0.05) is 44.3 Å². The van der Waals surface area contributed by atoms with Gasteiger partial charge in [-0.15, -0.1) is 0 Å². The van der Waals surface area contributed by atoms with Gasteiger partial charge in [-0.1, -0.05) is 12.1 Å². The molecule has 4 heteroatoms. The Morgan fingerprint density at radius 1 is 1.08 bits per heavy atom. The van der Waals surface area contributed by atoms with Gasteiger partial charge in [-0.25, -0.2) is 0 Å². The first-order valence-electron chi connectivity index (χ1n) is 9.97. The van der Waals surface area contributed by atoms with Gasteiger partial charge >= 0.3 is 0 Å². The summed E-state index contributed by atoms with van der Waals surface area (Å²) in [5, 5.41) is 1.22. The highest BCUT2D eigenvalue weighted by Gasteiger charge is 2.25. The molecule has 1 aromatic heterocycles. The molecule has 2 aromatic rings. The Kier molecular flexibility index (Phi) is 5.49. The van der Waals surface area contributed by atoms with Gasteiger partial charge in [-0.05, 0) is 67.7 Å². The Hall–Kier alpha value is -1.94. The van der Waals surface area contributed by atoms with Crippen LogP contribution in [0.25, 0.3) is 10.9 Å². The molecule has 0 radical (unpaired) electrons. The Labute approximate surface area is 155 Å². The zero-order valence-electron chi connectivity index (χ0n) is 15.4. The van der Waals surface area contributed by atoms with Crippen LogP contribution in [0.3, 0.4) is 0 Å². The molecule has 2 aliphatic heterocycles. The molecule has 0 N–H and O–H groups in total. The number of pyridine rings is 1. The zero-order chi connectivity index (χ0) is 17.8. The van der Waals surface area contributed by atoms with E-state index in [0.717, 1.165) is 63.9 Å². The lowest BCUT2D eigenvalue weighted by atomic mass is 9.89. The first kappa shape index (κ1) is 17.5. The van der Waals surface area contributed by atoms with Gasteiger partial charge in [0.1, 0.15) is 0 Å². The molecule has 2 fully saturated rings. The molecule has 0 saturated carbocycles. The molecule has 4 nitrogen and oxygen atoms in total. The fraction of sp³-hybridized carbons (Fsp3) is 0.545. The van der Waals surface area contributed by atoms with Crippen LogP contribution in [0.5, 0.6) is 0 Å². The van der Waals surface area contributed by atoms with Gasteiger partial charge in [0.05, 0.1) is 5.52 Å². The van der Waals surface area contributed by atoms with Crippen LogP contribution in [0.1, 0.15) is 37.7 Å². The van der Waals surface area contributed by atoms with Crippen molar-refractivity contribution in [3.05, 3.63) is 42.1 Å². The summed E-state index contributed by atoms with van der Waals surface area (Å²) in [6.07, 6.45) is 7.97. The van der Waals surface area contributed by atoms with E-state index >= 15 is 0 Å². The lowest BCUT2D eigenvalue weighted by molar-refractivity contribution is -0.134. The van der Waals surface area contributed by atoms with Crippen LogP contribution in [0.4, 0.5) is 0 Å². The molecule has 1 aromatic carbocycles. The fourth-order valence-corrected chi connectivity index (χ4v) is 4.30. The first-order valence-corrected chi connectivity index (χ1v) is 9.97. The number of amides is 1. The molecular weight excluding hydrogens is 324 g/mol. The Bertz CT molecular complexity index is 747. The second-order valence-corrected chi connectivity index (χ2v) is 7.82. The van der Waals surface area contributed by atoms with E-state index in [1.54, 1.807) is 0 Å². The van der Waals surface area contributed by atoms with E-state index in [4.69, 9.17) is 4.74 Å². The summed E-state index contributed by atoms with van der Waals surface area (Å²) in [6, 6.07) is 10.7. The molecular formula is C22H28N2O2. The summed E-state index contributed by atoms with van der Waals surface area (Å²) in [5.41, 5.74) is 2.45. The van der Waals surface area contributed by atoms with Crippen LogP contribution in [0.2, 0.25) is 0 Å². The summed E-state index contributed by atoms with van der Waals surface area (Å²) in [5.74, 6) is 1.56. The zero-order valence-corrected chi connectivity index (χ0v) is 15.4. The number of aromatic nitrogens is 1. The third-order valence-corrected chi connectivity index (χ3v) is 5.96. The SMILES string of the molecule is O=C(CC1CCOCC1)N1CCC(Cc2ccc3ncccc3c2)CC1. The van der Waals surface area contributed by atoms with Crippen molar-refractivity contribution < 1.29 is 9.53 Å². The van der Waals surface area contributed by atoms with Crippen molar-refractivity contribution >= 4 is 16.8 Å². The lowest BCUT2D eigenvalue weighted by Gasteiger charge is -2.33.